The van der Waals surface area contributed by atoms with Crippen LogP contribution in [-0.2, 0) is 6.54 Å². The molecule has 0 radical (unpaired) electrons. The van der Waals surface area contributed by atoms with Gasteiger partial charge in [0.05, 0.1) is 13.2 Å². The molecule has 1 aromatic carbocycles. The van der Waals surface area contributed by atoms with Gasteiger partial charge in [-0.1, -0.05) is 31.0 Å². The lowest BCUT2D eigenvalue weighted by atomic mass is 9.80. The van der Waals surface area contributed by atoms with Crippen LogP contribution in [0.2, 0.25) is 0 Å². The van der Waals surface area contributed by atoms with Gasteiger partial charge in [0, 0.05) is 24.1 Å². The Balaban J connectivity index is 1.72. The Hall–Kier alpha value is -1.06. The van der Waals surface area contributed by atoms with Crippen LogP contribution < -0.4 is 4.74 Å². The summed E-state index contributed by atoms with van der Waals surface area (Å²) >= 11 is 0. The fourth-order valence-electron chi connectivity index (χ4n) is 4.17. The van der Waals surface area contributed by atoms with Crippen LogP contribution in [0.25, 0.3) is 0 Å². The van der Waals surface area contributed by atoms with Crippen LogP contribution in [0.1, 0.15) is 44.1 Å². The number of rotatable bonds is 4. The number of hydrogen-bond donors (Lipinski definition) is 1. The molecule has 0 aromatic heterocycles. The van der Waals surface area contributed by atoms with E-state index >= 15 is 0 Å². The second-order valence-corrected chi connectivity index (χ2v) is 6.51. The van der Waals surface area contributed by atoms with Gasteiger partial charge in [0.1, 0.15) is 5.75 Å². The SMILES string of the molecule is COc1ccccc1CN1CCCC1C1CCCCC1O. The number of likely N-dealkylation sites (tertiary alicyclic amines) is 1. The van der Waals surface area contributed by atoms with E-state index in [9.17, 15) is 5.11 Å². The van der Waals surface area contributed by atoms with Crippen molar-refractivity contribution in [1.29, 1.82) is 0 Å². The topological polar surface area (TPSA) is 32.7 Å². The van der Waals surface area contributed by atoms with Crippen LogP contribution in [0.5, 0.6) is 5.75 Å². The van der Waals surface area contributed by atoms with Gasteiger partial charge < -0.3 is 9.84 Å². The zero-order valence-electron chi connectivity index (χ0n) is 13.0. The number of nitrogens with zero attached hydrogens (tertiary/aromatic N) is 1. The lowest BCUT2D eigenvalue weighted by Gasteiger charge is -2.37. The molecule has 116 valence electrons. The average molecular weight is 289 g/mol. The minimum atomic E-state index is -0.0954. The second kappa shape index (κ2) is 6.80. The van der Waals surface area contributed by atoms with Gasteiger partial charge in [-0.3, -0.25) is 4.90 Å². The number of aliphatic hydroxyl groups excluding tert-OH is 1. The summed E-state index contributed by atoms with van der Waals surface area (Å²) in [6.07, 6.45) is 7.04. The first-order valence-corrected chi connectivity index (χ1v) is 8.33. The quantitative estimate of drug-likeness (QED) is 0.924. The van der Waals surface area contributed by atoms with E-state index in [1.165, 1.54) is 37.7 Å². The summed E-state index contributed by atoms with van der Waals surface area (Å²) in [7, 11) is 1.74. The van der Waals surface area contributed by atoms with E-state index in [0.29, 0.717) is 12.0 Å². The van der Waals surface area contributed by atoms with Crippen molar-refractivity contribution in [3.05, 3.63) is 29.8 Å². The van der Waals surface area contributed by atoms with E-state index in [1.807, 2.05) is 12.1 Å². The highest BCUT2D eigenvalue weighted by Gasteiger charge is 2.36. The number of aliphatic hydroxyl groups is 1. The first-order valence-electron chi connectivity index (χ1n) is 8.33. The summed E-state index contributed by atoms with van der Waals surface area (Å²) in [6, 6.07) is 8.85. The molecule has 1 aliphatic carbocycles. The average Bonchev–Trinajstić information content (AvgIpc) is 2.96. The van der Waals surface area contributed by atoms with Gasteiger partial charge in [-0.2, -0.15) is 0 Å². The van der Waals surface area contributed by atoms with E-state index in [0.717, 1.165) is 25.3 Å². The molecule has 3 nitrogen and oxygen atoms in total. The Labute approximate surface area is 127 Å². The summed E-state index contributed by atoms with van der Waals surface area (Å²) in [5, 5.41) is 10.4. The summed E-state index contributed by atoms with van der Waals surface area (Å²) < 4.78 is 5.48. The van der Waals surface area contributed by atoms with E-state index in [2.05, 4.69) is 17.0 Å². The maximum Gasteiger partial charge on any atom is 0.123 e. The number of benzene rings is 1. The second-order valence-electron chi connectivity index (χ2n) is 6.51. The molecule has 1 saturated carbocycles. The van der Waals surface area contributed by atoms with Crippen molar-refractivity contribution in [2.45, 2.75) is 57.2 Å². The standard InChI is InChI=1S/C18H27NO2/c1-21-18-11-5-2-7-14(18)13-19-12-6-9-16(19)15-8-3-4-10-17(15)20/h2,5,7,11,15-17,20H,3-4,6,8-10,12-13H2,1H3. The Morgan fingerprint density at radius 1 is 1.14 bits per heavy atom. The molecule has 0 bridgehead atoms. The Kier molecular flexibility index (Phi) is 4.81. The minimum Gasteiger partial charge on any atom is -0.496 e. The molecule has 3 rings (SSSR count). The maximum absolute atomic E-state index is 10.4. The van der Waals surface area contributed by atoms with E-state index in [-0.39, 0.29) is 6.10 Å². The van der Waals surface area contributed by atoms with Gasteiger partial charge in [0.25, 0.3) is 0 Å². The normalized spacial score (nSPS) is 30.5. The van der Waals surface area contributed by atoms with E-state index in [1.54, 1.807) is 7.11 Å². The molecular formula is C18H27NO2. The van der Waals surface area contributed by atoms with Gasteiger partial charge in [0.2, 0.25) is 0 Å². The first-order chi connectivity index (χ1) is 10.3. The molecular weight excluding hydrogens is 262 g/mol. The molecule has 3 unspecified atom stereocenters. The van der Waals surface area contributed by atoms with Gasteiger partial charge in [-0.25, -0.2) is 0 Å². The molecule has 1 saturated heterocycles. The lowest BCUT2D eigenvalue weighted by molar-refractivity contribution is 0.0200. The van der Waals surface area contributed by atoms with Crippen LogP contribution in [0, 0.1) is 5.92 Å². The molecule has 2 aliphatic rings. The Bertz CT molecular complexity index is 462. The minimum absolute atomic E-state index is 0.0954. The van der Waals surface area contributed by atoms with Crippen molar-refractivity contribution < 1.29 is 9.84 Å². The predicted octanol–water partition coefficient (Wildman–Crippen LogP) is 3.21. The largest absolute Gasteiger partial charge is 0.496 e. The molecule has 0 amide bonds. The van der Waals surface area contributed by atoms with Crippen LogP contribution in [0.3, 0.4) is 0 Å². The van der Waals surface area contributed by atoms with Gasteiger partial charge in [0.15, 0.2) is 0 Å². The zero-order valence-corrected chi connectivity index (χ0v) is 13.0. The third-order valence-corrected chi connectivity index (χ3v) is 5.26. The summed E-state index contributed by atoms with van der Waals surface area (Å²) in [4.78, 5) is 2.57. The summed E-state index contributed by atoms with van der Waals surface area (Å²) in [5.74, 6) is 1.45. The first kappa shape index (κ1) is 14.9. The summed E-state index contributed by atoms with van der Waals surface area (Å²) in [5.41, 5.74) is 1.26. The van der Waals surface area contributed by atoms with E-state index in [4.69, 9.17) is 4.74 Å². The molecule has 3 atom stereocenters. The maximum atomic E-state index is 10.4. The van der Waals surface area contributed by atoms with Crippen molar-refractivity contribution in [3.8, 4) is 5.75 Å². The Morgan fingerprint density at radius 2 is 1.95 bits per heavy atom. The molecule has 21 heavy (non-hydrogen) atoms. The predicted molar refractivity (Wildman–Crippen MR) is 84.4 cm³/mol. The van der Waals surface area contributed by atoms with Crippen molar-refractivity contribution in [1.82, 2.24) is 4.90 Å². The number of ether oxygens (including phenoxy) is 1. The number of hydrogen-bond acceptors (Lipinski definition) is 3. The van der Waals surface area contributed by atoms with Crippen LogP contribution in [0.4, 0.5) is 0 Å². The van der Waals surface area contributed by atoms with Gasteiger partial charge in [-0.05, 0) is 38.3 Å². The van der Waals surface area contributed by atoms with Gasteiger partial charge >= 0.3 is 0 Å². The lowest BCUT2D eigenvalue weighted by Crippen LogP contribution is -2.42. The molecule has 1 N–H and O–H groups in total. The Morgan fingerprint density at radius 3 is 2.76 bits per heavy atom. The van der Waals surface area contributed by atoms with E-state index < -0.39 is 0 Å². The molecule has 1 heterocycles. The fourth-order valence-corrected chi connectivity index (χ4v) is 4.17. The smallest absolute Gasteiger partial charge is 0.123 e. The van der Waals surface area contributed by atoms with Crippen LogP contribution in [-0.4, -0.2) is 35.8 Å². The molecule has 1 aromatic rings. The molecule has 3 heteroatoms. The van der Waals surface area contributed by atoms with Gasteiger partial charge in [-0.15, -0.1) is 0 Å². The third-order valence-electron chi connectivity index (χ3n) is 5.26. The summed E-state index contributed by atoms with van der Waals surface area (Å²) in [6.45, 7) is 2.09. The van der Waals surface area contributed by atoms with Crippen molar-refractivity contribution >= 4 is 0 Å². The molecule has 0 spiro atoms. The number of para-hydroxylation sites is 1. The zero-order chi connectivity index (χ0) is 14.7. The highest BCUT2D eigenvalue weighted by atomic mass is 16.5. The molecule has 1 aliphatic heterocycles. The highest BCUT2D eigenvalue weighted by Crippen LogP contribution is 2.36. The van der Waals surface area contributed by atoms with Crippen molar-refractivity contribution in [2.75, 3.05) is 13.7 Å². The van der Waals surface area contributed by atoms with Crippen molar-refractivity contribution in [3.63, 3.8) is 0 Å². The van der Waals surface area contributed by atoms with Crippen molar-refractivity contribution in [2.24, 2.45) is 5.92 Å². The highest BCUT2D eigenvalue weighted by molar-refractivity contribution is 5.33. The monoisotopic (exact) mass is 289 g/mol. The third kappa shape index (κ3) is 3.24. The van der Waals surface area contributed by atoms with Crippen LogP contribution in [0.15, 0.2) is 24.3 Å². The number of methoxy groups -OCH3 is 1. The molecule has 2 fully saturated rings. The fraction of sp³-hybridized carbons (Fsp3) is 0.667. The van der Waals surface area contributed by atoms with Crippen LogP contribution >= 0.6 is 0 Å².